The van der Waals surface area contributed by atoms with E-state index in [2.05, 4.69) is 56.3 Å². The third-order valence-corrected chi connectivity index (χ3v) is 6.13. The van der Waals surface area contributed by atoms with Crippen molar-refractivity contribution in [2.45, 2.75) is 19.5 Å². The lowest BCUT2D eigenvalue weighted by molar-refractivity contribution is 0.0950. The van der Waals surface area contributed by atoms with Gasteiger partial charge in [-0.25, -0.2) is 5.53 Å². The monoisotopic (exact) mass is 469 g/mol. The Morgan fingerprint density at radius 2 is 1.83 bits per heavy atom. The van der Waals surface area contributed by atoms with Gasteiger partial charge in [0.15, 0.2) is 5.84 Å². The molecule has 2 aliphatic rings. The van der Waals surface area contributed by atoms with Crippen molar-refractivity contribution in [3.05, 3.63) is 100 Å². The van der Waals surface area contributed by atoms with Gasteiger partial charge in [0.1, 0.15) is 0 Å². The van der Waals surface area contributed by atoms with Crippen LogP contribution >= 0.6 is 0 Å². The molecule has 9 heteroatoms. The van der Waals surface area contributed by atoms with Crippen molar-refractivity contribution >= 4 is 23.3 Å². The molecule has 0 aromatic heterocycles. The molecule has 0 fully saturated rings. The van der Waals surface area contributed by atoms with Crippen molar-refractivity contribution in [1.29, 1.82) is 0 Å². The Labute approximate surface area is 203 Å². The van der Waals surface area contributed by atoms with Crippen molar-refractivity contribution in [1.82, 2.24) is 26.7 Å². The molecule has 0 unspecified atom stereocenters. The molecule has 2 heterocycles. The number of carbonyl (C=O) groups excluding carboxylic acids is 2. The fraction of sp³-hybridized carbons (Fsp3) is 0.192. The van der Waals surface area contributed by atoms with Gasteiger partial charge in [-0.15, -0.1) is 10.6 Å². The van der Waals surface area contributed by atoms with Crippen molar-refractivity contribution in [2.24, 2.45) is 5.10 Å². The van der Waals surface area contributed by atoms with E-state index in [4.69, 9.17) is 0 Å². The van der Waals surface area contributed by atoms with E-state index in [1.165, 1.54) is 11.1 Å². The molecule has 0 saturated heterocycles. The molecular weight excluding hydrogens is 442 g/mol. The molecular formula is C26H27N7O2. The maximum absolute atomic E-state index is 12.9. The van der Waals surface area contributed by atoms with Crippen LogP contribution in [0.3, 0.4) is 0 Å². The summed E-state index contributed by atoms with van der Waals surface area (Å²) >= 11 is 0. The van der Waals surface area contributed by atoms with Crippen molar-refractivity contribution < 1.29 is 9.59 Å². The van der Waals surface area contributed by atoms with Gasteiger partial charge >= 0.3 is 0 Å². The van der Waals surface area contributed by atoms with Crippen LogP contribution in [0.5, 0.6) is 0 Å². The molecule has 3 aromatic carbocycles. The first-order chi connectivity index (χ1) is 17.0. The highest BCUT2D eigenvalue weighted by atomic mass is 16.2. The lowest BCUT2D eigenvalue weighted by Crippen LogP contribution is -2.35. The fourth-order valence-electron chi connectivity index (χ4n) is 4.20. The van der Waals surface area contributed by atoms with Gasteiger partial charge in [-0.1, -0.05) is 30.3 Å². The van der Waals surface area contributed by atoms with Gasteiger partial charge in [-0.2, -0.15) is 0 Å². The fourth-order valence-corrected chi connectivity index (χ4v) is 4.20. The minimum Gasteiger partial charge on any atom is -0.348 e. The molecule has 178 valence electrons. The Morgan fingerprint density at radius 1 is 0.971 bits per heavy atom. The summed E-state index contributed by atoms with van der Waals surface area (Å²) in [4.78, 5) is 27.7. The molecule has 5 N–H and O–H groups in total. The van der Waals surface area contributed by atoms with Gasteiger partial charge in [0.05, 0.1) is 0 Å². The molecule has 35 heavy (non-hydrogen) atoms. The average molecular weight is 470 g/mol. The van der Waals surface area contributed by atoms with E-state index in [-0.39, 0.29) is 11.8 Å². The van der Waals surface area contributed by atoms with Crippen LogP contribution in [-0.2, 0) is 19.5 Å². The number of anilines is 1. The minimum absolute atomic E-state index is 0.176. The number of nitrogens with one attached hydrogen (secondary N) is 5. The van der Waals surface area contributed by atoms with Crippen LogP contribution in [-0.4, -0.2) is 36.1 Å². The highest BCUT2D eigenvalue weighted by Crippen LogP contribution is 2.22. The number of amides is 2. The van der Waals surface area contributed by atoms with Gasteiger partial charge < -0.3 is 15.5 Å². The zero-order valence-corrected chi connectivity index (χ0v) is 19.4. The molecule has 9 nitrogen and oxygen atoms in total. The minimum atomic E-state index is -0.192. The summed E-state index contributed by atoms with van der Waals surface area (Å²) in [6.45, 7) is 2.25. The molecule has 5 rings (SSSR count). The van der Waals surface area contributed by atoms with Gasteiger partial charge in [0.2, 0.25) is 0 Å². The van der Waals surface area contributed by atoms with Crippen LogP contribution in [0, 0.1) is 0 Å². The molecule has 2 amide bonds. The molecule has 0 saturated carbocycles. The normalized spacial score (nSPS) is 14.8. The van der Waals surface area contributed by atoms with Crippen molar-refractivity contribution in [3.63, 3.8) is 0 Å². The maximum Gasteiger partial charge on any atom is 0.255 e. The highest BCUT2D eigenvalue weighted by Gasteiger charge is 2.15. The summed E-state index contributed by atoms with van der Waals surface area (Å²) in [5.41, 5.74) is 14.3. The number of hydrogen-bond donors (Lipinski definition) is 5. The zero-order valence-electron chi connectivity index (χ0n) is 19.4. The van der Waals surface area contributed by atoms with E-state index in [1.54, 1.807) is 24.3 Å². The van der Waals surface area contributed by atoms with Crippen molar-refractivity contribution in [3.8, 4) is 0 Å². The number of likely N-dealkylation sites (N-methyl/N-ethyl adjacent to an activating group) is 1. The highest BCUT2D eigenvalue weighted by molar-refractivity contribution is 6.04. The number of nitrogens with zero attached hydrogens (tertiary/aromatic N) is 2. The van der Waals surface area contributed by atoms with Crippen LogP contribution in [0.4, 0.5) is 5.69 Å². The number of rotatable bonds is 6. The van der Waals surface area contributed by atoms with Gasteiger partial charge in [0, 0.05) is 42.0 Å². The topological polar surface area (TPSA) is 110 Å². The Morgan fingerprint density at radius 3 is 2.63 bits per heavy atom. The summed E-state index contributed by atoms with van der Waals surface area (Å²) < 4.78 is 0. The third-order valence-electron chi connectivity index (χ3n) is 6.13. The first kappa shape index (κ1) is 22.6. The van der Waals surface area contributed by atoms with Crippen LogP contribution < -0.4 is 27.1 Å². The Hall–Kier alpha value is -4.21. The third kappa shape index (κ3) is 5.32. The average Bonchev–Trinajstić information content (AvgIpc) is 3.42. The molecule has 0 aliphatic carbocycles. The quantitative estimate of drug-likeness (QED) is 0.378. The number of amidine groups is 1. The maximum atomic E-state index is 12.9. The van der Waals surface area contributed by atoms with E-state index in [0.29, 0.717) is 23.5 Å². The Balaban J connectivity index is 1.19. The summed E-state index contributed by atoms with van der Waals surface area (Å²) in [7, 11) is 2.10. The number of benzene rings is 3. The number of hydrogen-bond acceptors (Lipinski definition) is 7. The van der Waals surface area contributed by atoms with E-state index >= 15 is 0 Å². The molecule has 2 aliphatic heterocycles. The SMILES string of the molecule is CN1CCc2ccc(NC(=O)c3cccc(CNC(=O)c4ccc(C5=NNNN5)cc4)c3)cc2C1. The zero-order chi connectivity index (χ0) is 24.2. The van der Waals surface area contributed by atoms with Gasteiger partial charge in [-0.05, 0) is 66.6 Å². The second-order valence-corrected chi connectivity index (χ2v) is 8.71. The molecule has 0 bridgehead atoms. The van der Waals surface area contributed by atoms with Gasteiger partial charge in [-0.3, -0.25) is 15.0 Å². The van der Waals surface area contributed by atoms with Crippen LogP contribution in [0.15, 0.2) is 71.8 Å². The summed E-state index contributed by atoms with van der Waals surface area (Å²) in [5, 5.41) is 9.95. The first-order valence-electron chi connectivity index (χ1n) is 11.5. The largest absolute Gasteiger partial charge is 0.348 e. The van der Waals surface area contributed by atoms with Crippen molar-refractivity contribution in [2.75, 3.05) is 18.9 Å². The van der Waals surface area contributed by atoms with E-state index in [9.17, 15) is 9.59 Å². The number of carbonyl (C=O) groups is 2. The summed E-state index contributed by atoms with van der Waals surface area (Å²) in [6.07, 6.45) is 1.03. The standard InChI is InChI=1S/C26H27N7O2/c1-33-12-11-18-9-10-23(14-22(18)16-33)28-26(35)21-4-2-3-17(13-21)15-27-25(34)20-7-5-19(6-8-20)24-29-31-32-30-24/h2-10,13-14,31-32H,11-12,15-16H2,1H3,(H,27,34)(H,28,35)(H,29,30). The lowest BCUT2D eigenvalue weighted by Gasteiger charge is -2.25. The summed E-state index contributed by atoms with van der Waals surface area (Å²) in [6, 6.07) is 20.5. The Kier molecular flexibility index (Phi) is 6.42. The number of hydrazine groups is 2. The smallest absolute Gasteiger partial charge is 0.255 e. The number of fused-ring (bicyclic) bond motifs is 1. The predicted molar refractivity (Wildman–Crippen MR) is 134 cm³/mol. The van der Waals surface area contributed by atoms with Crippen LogP contribution in [0.1, 0.15) is 43.0 Å². The summed E-state index contributed by atoms with van der Waals surface area (Å²) in [5.74, 6) is 0.281. The van der Waals surface area contributed by atoms with E-state index < -0.39 is 0 Å². The van der Waals surface area contributed by atoms with Crippen LogP contribution in [0.25, 0.3) is 0 Å². The van der Waals surface area contributed by atoms with Crippen LogP contribution in [0.2, 0.25) is 0 Å². The molecule has 0 radical (unpaired) electrons. The molecule has 3 aromatic rings. The number of hydrazone groups is 1. The van der Waals surface area contributed by atoms with Gasteiger partial charge in [0.25, 0.3) is 11.8 Å². The first-order valence-corrected chi connectivity index (χ1v) is 11.5. The molecule has 0 spiro atoms. The van der Waals surface area contributed by atoms with E-state index in [0.717, 1.165) is 36.3 Å². The lowest BCUT2D eigenvalue weighted by atomic mass is 9.99. The Bertz CT molecular complexity index is 1290. The predicted octanol–water partition coefficient (Wildman–Crippen LogP) is 2.13. The molecule has 0 atom stereocenters. The van der Waals surface area contributed by atoms with E-state index in [1.807, 2.05) is 30.3 Å². The second kappa shape index (κ2) is 9.96. The second-order valence-electron chi connectivity index (χ2n) is 8.71.